The lowest BCUT2D eigenvalue weighted by Crippen LogP contribution is -2.29. The highest BCUT2D eigenvalue weighted by atomic mass is 35.5. The van der Waals surface area contributed by atoms with Gasteiger partial charge in [-0.15, -0.1) is 23.7 Å². The quantitative estimate of drug-likeness (QED) is 0.801. The summed E-state index contributed by atoms with van der Waals surface area (Å²) in [5, 5.41) is 15.3. The molecule has 0 fully saturated rings. The molecule has 108 valence electrons. The minimum atomic E-state index is -0.0854. The molecule has 0 atom stereocenters. The minimum absolute atomic E-state index is 0. The van der Waals surface area contributed by atoms with E-state index in [1.807, 2.05) is 11.4 Å². The summed E-state index contributed by atoms with van der Waals surface area (Å²) in [6.45, 7) is 2.31. The molecule has 0 bridgehead atoms. The highest BCUT2D eigenvalue weighted by Gasteiger charge is 2.20. The number of rotatable bonds is 4. The number of H-pyrrole nitrogens is 1. The van der Waals surface area contributed by atoms with Crippen molar-refractivity contribution >= 4 is 29.7 Å². The number of amides is 1. The Hall–Kier alpha value is -1.37. The lowest BCUT2D eigenvalue weighted by molar-refractivity contribution is 0.0948. The summed E-state index contributed by atoms with van der Waals surface area (Å²) in [5.74, 6) is -0.0854. The van der Waals surface area contributed by atoms with E-state index in [9.17, 15) is 4.79 Å². The SMILES string of the molecule is Cl.O=C(NCCc1cccs1)c1n[nH]c2c1CNCC2. The summed E-state index contributed by atoms with van der Waals surface area (Å²) in [4.78, 5) is 13.4. The Morgan fingerprint density at radius 1 is 1.50 bits per heavy atom. The van der Waals surface area contributed by atoms with E-state index in [-0.39, 0.29) is 18.3 Å². The summed E-state index contributed by atoms with van der Waals surface area (Å²) < 4.78 is 0. The number of carbonyl (C=O) groups is 1. The molecule has 1 aliphatic heterocycles. The van der Waals surface area contributed by atoms with Gasteiger partial charge in [0.15, 0.2) is 5.69 Å². The van der Waals surface area contributed by atoms with E-state index < -0.39 is 0 Å². The molecule has 0 aromatic carbocycles. The van der Waals surface area contributed by atoms with Gasteiger partial charge in [-0.05, 0) is 17.9 Å². The van der Waals surface area contributed by atoms with Crippen molar-refractivity contribution in [3.05, 3.63) is 39.3 Å². The van der Waals surface area contributed by atoms with Crippen LogP contribution in [0.5, 0.6) is 0 Å². The number of nitrogens with zero attached hydrogens (tertiary/aromatic N) is 1. The number of halogens is 1. The molecule has 0 aliphatic carbocycles. The highest BCUT2D eigenvalue weighted by molar-refractivity contribution is 7.09. The van der Waals surface area contributed by atoms with Crippen molar-refractivity contribution in [2.75, 3.05) is 13.1 Å². The monoisotopic (exact) mass is 312 g/mol. The zero-order chi connectivity index (χ0) is 13.1. The van der Waals surface area contributed by atoms with Crippen LogP contribution in [0, 0.1) is 0 Å². The number of fused-ring (bicyclic) bond motifs is 1. The van der Waals surface area contributed by atoms with Crippen LogP contribution in [0.4, 0.5) is 0 Å². The van der Waals surface area contributed by atoms with Crippen molar-refractivity contribution in [3.63, 3.8) is 0 Å². The maximum Gasteiger partial charge on any atom is 0.272 e. The molecular weight excluding hydrogens is 296 g/mol. The van der Waals surface area contributed by atoms with Gasteiger partial charge in [0.1, 0.15) is 0 Å². The summed E-state index contributed by atoms with van der Waals surface area (Å²) >= 11 is 1.71. The number of aromatic nitrogens is 2. The lowest BCUT2D eigenvalue weighted by Gasteiger charge is -2.12. The van der Waals surface area contributed by atoms with Gasteiger partial charge in [-0.3, -0.25) is 9.89 Å². The Bertz CT molecular complexity index is 567. The molecule has 1 amide bonds. The molecule has 0 saturated carbocycles. The van der Waals surface area contributed by atoms with E-state index in [4.69, 9.17) is 0 Å². The predicted molar refractivity (Wildman–Crippen MR) is 81.6 cm³/mol. The normalized spacial score (nSPS) is 13.4. The van der Waals surface area contributed by atoms with Gasteiger partial charge in [0.05, 0.1) is 0 Å². The maximum atomic E-state index is 12.1. The molecule has 3 heterocycles. The second-order valence-corrected chi connectivity index (χ2v) is 5.57. The van der Waals surface area contributed by atoms with Crippen LogP contribution in [0.1, 0.15) is 26.6 Å². The molecule has 1 aliphatic rings. The maximum absolute atomic E-state index is 12.1. The first-order valence-electron chi connectivity index (χ1n) is 6.42. The highest BCUT2D eigenvalue weighted by Crippen LogP contribution is 2.15. The van der Waals surface area contributed by atoms with Crippen molar-refractivity contribution in [3.8, 4) is 0 Å². The van der Waals surface area contributed by atoms with E-state index in [2.05, 4.69) is 26.9 Å². The molecule has 0 unspecified atom stereocenters. The van der Waals surface area contributed by atoms with Crippen LogP contribution >= 0.6 is 23.7 Å². The average Bonchev–Trinajstić information content (AvgIpc) is 3.07. The van der Waals surface area contributed by atoms with Crippen LogP contribution in [-0.2, 0) is 19.4 Å². The number of aromatic amines is 1. The molecule has 0 radical (unpaired) electrons. The van der Waals surface area contributed by atoms with Gasteiger partial charge in [0, 0.05) is 42.2 Å². The molecule has 5 nitrogen and oxygen atoms in total. The average molecular weight is 313 g/mol. The number of nitrogens with one attached hydrogen (secondary N) is 3. The molecule has 0 saturated heterocycles. The summed E-state index contributed by atoms with van der Waals surface area (Å²) in [6.07, 6.45) is 1.78. The molecule has 7 heteroatoms. The van der Waals surface area contributed by atoms with Crippen LogP contribution in [0.25, 0.3) is 0 Å². The molecule has 2 aromatic heterocycles. The van der Waals surface area contributed by atoms with Crippen molar-refractivity contribution in [1.82, 2.24) is 20.8 Å². The standard InChI is InChI=1S/C13H16N4OS.ClH/c18-13(15-6-3-9-2-1-7-19-9)12-10-8-14-5-4-11(10)16-17-12;/h1-2,7,14H,3-6,8H2,(H,15,18)(H,16,17);1H. The van der Waals surface area contributed by atoms with Gasteiger partial charge < -0.3 is 10.6 Å². The van der Waals surface area contributed by atoms with E-state index >= 15 is 0 Å². The van der Waals surface area contributed by atoms with Gasteiger partial charge in [0.2, 0.25) is 0 Å². The van der Waals surface area contributed by atoms with Gasteiger partial charge in [-0.25, -0.2) is 0 Å². The van der Waals surface area contributed by atoms with Gasteiger partial charge in [-0.2, -0.15) is 5.10 Å². The second kappa shape index (κ2) is 6.88. The first kappa shape index (κ1) is 15.0. The molecule has 3 N–H and O–H groups in total. The lowest BCUT2D eigenvalue weighted by atomic mass is 10.1. The topological polar surface area (TPSA) is 69.8 Å². The third kappa shape index (κ3) is 3.20. The molecular formula is C13H17ClN4OS. The van der Waals surface area contributed by atoms with Crippen molar-refractivity contribution in [2.24, 2.45) is 0 Å². The fourth-order valence-corrected chi connectivity index (χ4v) is 2.96. The van der Waals surface area contributed by atoms with Crippen LogP contribution < -0.4 is 10.6 Å². The Kier molecular flexibility index (Phi) is 5.17. The third-order valence-corrected chi connectivity index (χ3v) is 4.19. The molecule has 0 spiro atoms. The van der Waals surface area contributed by atoms with Gasteiger partial charge >= 0.3 is 0 Å². The number of hydrogen-bond donors (Lipinski definition) is 3. The Balaban J connectivity index is 0.00000147. The van der Waals surface area contributed by atoms with Gasteiger partial charge in [0.25, 0.3) is 5.91 Å². The van der Waals surface area contributed by atoms with Crippen molar-refractivity contribution in [1.29, 1.82) is 0 Å². The fraction of sp³-hybridized carbons (Fsp3) is 0.385. The van der Waals surface area contributed by atoms with Crippen LogP contribution in [0.2, 0.25) is 0 Å². The third-order valence-electron chi connectivity index (χ3n) is 3.26. The molecule has 2 aromatic rings. The Morgan fingerprint density at radius 2 is 2.40 bits per heavy atom. The zero-order valence-corrected chi connectivity index (χ0v) is 12.6. The first-order valence-corrected chi connectivity index (χ1v) is 7.30. The van der Waals surface area contributed by atoms with Crippen LogP contribution in [-0.4, -0.2) is 29.2 Å². The van der Waals surface area contributed by atoms with E-state index in [0.717, 1.165) is 37.2 Å². The van der Waals surface area contributed by atoms with Gasteiger partial charge in [-0.1, -0.05) is 6.07 Å². The fourth-order valence-electron chi connectivity index (χ4n) is 2.25. The zero-order valence-electron chi connectivity index (χ0n) is 10.9. The Labute approximate surface area is 127 Å². The van der Waals surface area contributed by atoms with Crippen molar-refractivity contribution < 1.29 is 4.79 Å². The number of carbonyl (C=O) groups excluding carboxylic acids is 1. The van der Waals surface area contributed by atoms with Crippen LogP contribution in [0.15, 0.2) is 17.5 Å². The first-order chi connectivity index (χ1) is 9.34. The predicted octanol–water partition coefficient (Wildman–Crippen LogP) is 1.51. The van der Waals surface area contributed by atoms with Crippen LogP contribution in [0.3, 0.4) is 0 Å². The van der Waals surface area contributed by atoms with E-state index in [1.165, 1.54) is 4.88 Å². The second-order valence-electron chi connectivity index (χ2n) is 4.54. The van der Waals surface area contributed by atoms with Crippen molar-refractivity contribution in [2.45, 2.75) is 19.4 Å². The van der Waals surface area contributed by atoms with E-state index in [1.54, 1.807) is 11.3 Å². The number of thiophene rings is 1. The summed E-state index contributed by atoms with van der Waals surface area (Å²) in [5.41, 5.74) is 2.63. The number of hydrogen-bond acceptors (Lipinski definition) is 4. The van der Waals surface area contributed by atoms with E-state index in [0.29, 0.717) is 12.2 Å². The Morgan fingerprint density at radius 3 is 3.20 bits per heavy atom. The minimum Gasteiger partial charge on any atom is -0.350 e. The largest absolute Gasteiger partial charge is 0.350 e. The molecule has 3 rings (SSSR count). The smallest absolute Gasteiger partial charge is 0.272 e. The summed E-state index contributed by atoms with van der Waals surface area (Å²) in [7, 11) is 0. The molecule has 20 heavy (non-hydrogen) atoms. The summed E-state index contributed by atoms with van der Waals surface area (Å²) in [6, 6.07) is 4.11.